The third-order valence-electron chi connectivity index (χ3n) is 4.35. The van der Waals surface area contributed by atoms with E-state index in [2.05, 4.69) is 9.73 Å². The van der Waals surface area contributed by atoms with Crippen LogP contribution in [-0.4, -0.2) is 54.6 Å². The monoisotopic (exact) mass is 415 g/mol. The standard InChI is InChI=1S/C12H10F9N3O3/c1-3-5(25)4(6(26)27-2)9(12(19,20)21)23-7(10(13,14)15)22-8(3,24-9)11(16,17)18/h3-4,24H,1-2H3,(H,22,23)/t3-,4-,8-,9+/m1/s1. The molecule has 0 amide bonds. The first kappa shape index (κ1) is 21.2. The molecule has 0 aromatic rings. The molecule has 1 fully saturated rings. The van der Waals surface area contributed by atoms with Crippen LogP contribution in [0.4, 0.5) is 39.5 Å². The molecule has 0 spiro atoms. The molecule has 0 radical (unpaired) electrons. The summed E-state index contributed by atoms with van der Waals surface area (Å²) in [4.78, 5) is 26.4. The van der Waals surface area contributed by atoms with Gasteiger partial charge in [0, 0.05) is 0 Å². The molecule has 2 N–H and O–H groups in total. The number of carbonyl (C=O) groups is 2. The Kier molecular flexibility index (Phi) is 4.50. The highest BCUT2D eigenvalue weighted by Gasteiger charge is 2.79. The average Bonchev–Trinajstić information content (AvgIpc) is 2.49. The van der Waals surface area contributed by atoms with Crippen molar-refractivity contribution in [1.29, 1.82) is 0 Å². The van der Waals surface area contributed by atoms with E-state index in [-0.39, 0.29) is 0 Å². The number of carbonyl (C=O) groups excluding carboxylic acids is 2. The van der Waals surface area contributed by atoms with E-state index in [0.717, 1.165) is 10.6 Å². The Morgan fingerprint density at radius 3 is 1.96 bits per heavy atom. The second-order valence-electron chi connectivity index (χ2n) is 5.86. The maximum absolute atomic E-state index is 13.7. The number of hydrogen-bond donors (Lipinski definition) is 2. The first-order valence-corrected chi connectivity index (χ1v) is 6.94. The Bertz CT molecular complexity index is 699. The zero-order valence-electron chi connectivity index (χ0n) is 13.2. The summed E-state index contributed by atoms with van der Waals surface area (Å²) >= 11 is 0. The number of Topliss-reactive ketones (excluding diaryl/α,β-unsaturated/α-hetero) is 1. The summed E-state index contributed by atoms with van der Waals surface area (Å²) in [5, 5.41) is 1.70. The van der Waals surface area contributed by atoms with Crippen molar-refractivity contribution in [2.24, 2.45) is 16.8 Å². The predicted octanol–water partition coefficient (Wildman–Crippen LogP) is 1.67. The smallest absolute Gasteiger partial charge is 0.448 e. The van der Waals surface area contributed by atoms with Gasteiger partial charge in [0.05, 0.1) is 13.0 Å². The second-order valence-corrected chi connectivity index (χ2v) is 5.86. The van der Waals surface area contributed by atoms with Gasteiger partial charge in [-0.25, -0.2) is 4.99 Å². The summed E-state index contributed by atoms with van der Waals surface area (Å²) in [5.74, 6) is -12.2. The number of ether oxygens (including phenoxy) is 1. The van der Waals surface area contributed by atoms with Crippen LogP contribution in [0.15, 0.2) is 4.99 Å². The summed E-state index contributed by atoms with van der Waals surface area (Å²) in [5.41, 5.74) is -8.70. The molecule has 27 heavy (non-hydrogen) atoms. The van der Waals surface area contributed by atoms with Crippen LogP contribution in [0.2, 0.25) is 0 Å². The molecule has 0 unspecified atom stereocenters. The first-order valence-electron chi connectivity index (χ1n) is 6.94. The van der Waals surface area contributed by atoms with E-state index in [1.54, 1.807) is 0 Å². The number of esters is 1. The van der Waals surface area contributed by atoms with Crippen LogP contribution >= 0.6 is 0 Å². The average molecular weight is 415 g/mol. The highest BCUT2D eigenvalue weighted by Crippen LogP contribution is 2.52. The fraction of sp³-hybridized carbons (Fsp3) is 0.750. The van der Waals surface area contributed by atoms with Crippen LogP contribution in [0, 0.1) is 11.8 Å². The van der Waals surface area contributed by atoms with Crippen LogP contribution < -0.4 is 10.6 Å². The highest BCUT2D eigenvalue weighted by molar-refractivity contribution is 6.05. The second kappa shape index (κ2) is 5.72. The molecule has 154 valence electrons. The van der Waals surface area contributed by atoms with Crippen molar-refractivity contribution in [2.75, 3.05) is 7.11 Å². The first-order chi connectivity index (χ1) is 11.9. The minimum Gasteiger partial charge on any atom is -0.468 e. The summed E-state index contributed by atoms with van der Waals surface area (Å²) in [6, 6.07) is 0. The Balaban J connectivity index is 2.91. The number of rotatable bonds is 1. The van der Waals surface area contributed by atoms with Crippen molar-refractivity contribution in [3.8, 4) is 0 Å². The molecule has 2 rings (SSSR count). The Hall–Kier alpha value is -2.06. The third kappa shape index (κ3) is 2.82. The molecule has 6 nitrogen and oxygen atoms in total. The number of halogens is 9. The quantitative estimate of drug-likeness (QED) is 0.387. The lowest BCUT2D eigenvalue weighted by atomic mass is 9.70. The molecule has 1 saturated heterocycles. The van der Waals surface area contributed by atoms with Crippen molar-refractivity contribution in [2.45, 2.75) is 36.8 Å². The van der Waals surface area contributed by atoms with Gasteiger partial charge in [0.25, 0.3) is 0 Å². The molecule has 0 saturated carbocycles. The zero-order chi connectivity index (χ0) is 21.2. The van der Waals surface area contributed by atoms with Crippen molar-refractivity contribution < 1.29 is 53.8 Å². The summed E-state index contributed by atoms with van der Waals surface area (Å²) in [6.07, 6.45) is -17.6. The predicted molar refractivity (Wildman–Crippen MR) is 67.0 cm³/mol. The number of ketones is 1. The number of aliphatic imine (C=N–C) groups is 1. The van der Waals surface area contributed by atoms with Gasteiger partial charge in [0.1, 0.15) is 0 Å². The van der Waals surface area contributed by atoms with Crippen molar-refractivity contribution in [1.82, 2.24) is 10.6 Å². The van der Waals surface area contributed by atoms with E-state index in [4.69, 9.17) is 0 Å². The molecule has 15 heteroatoms. The minimum atomic E-state index is -5.97. The Morgan fingerprint density at radius 1 is 1.07 bits per heavy atom. The lowest BCUT2D eigenvalue weighted by Gasteiger charge is -2.56. The van der Waals surface area contributed by atoms with Crippen molar-refractivity contribution in [3.63, 3.8) is 0 Å². The summed E-state index contributed by atoms with van der Waals surface area (Å²) < 4.78 is 125. The molecule has 4 atom stereocenters. The molecule has 0 aromatic heterocycles. The number of methoxy groups -OCH3 is 1. The van der Waals surface area contributed by atoms with Gasteiger partial charge in [-0.05, 0) is 0 Å². The Labute approximate surface area is 144 Å². The fourth-order valence-electron chi connectivity index (χ4n) is 3.00. The van der Waals surface area contributed by atoms with E-state index < -0.39 is 59.3 Å². The van der Waals surface area contributed by atoms with Crippen molar-refractivity contribution >= 4 is 17.6 Å². The van der Waals surface area contributed by atoms with E-state index >= 15 is 0 Å². The van der Waals surface area contributed by atoms with Crippen LogP contribution in [0.3, 0.4) is 0 Å². The largest absolute Gasteiger partial charge is 0.468 e. The van der Waals surface area contributed by atoms with Gasteiger partial charge in [-0.15, -0.1) is 0 Å². The Morgan fingerprint density at radius 2 is 1.59 bits per heavy atom. The SMILES string of the molecule is COC(=O)[C@H]1C(=O)[C@@H](C)[C@@]2(C(F)(F)F)N=C(C(F)(F)F)N[C@]1(C(F)(F)F)N2. The van der Waals surface area contributed by atoms with Crippen LogP contribution in [-0.2, 0) is 14.3 Å². The number of hydrogen-bond acceptors (Lipinski definition) is 6. The number of alkyl halides is 9. The molecule has 2 heterocycles. The fourth-order valence-corrected chi connectivity index (χ4v) is 3.00. The van der Waals surface area contributed by atoms with Crippen LogP contribution in [0.5, 0.6) is 0 Å². The summed E-state index contributed by atoms with van der Waals surface area (Å²) in [7, 11) is 0.525. The maximum atomic E-state index is 13.7. The molecule has 2 aliphatic rings. The van der Waals surface area contributed by atoms with Gasteiger partial charge in [-0.2, -0.15) is 39.5 Å². The van der Waals surface area contributed by atoms with E-state index in [0.29, 0.717) is 14.0 Å². The zero-order valence-corrected chi connectivity index (χ0v) is 13.2. The van der Waals surface area contributed by atoms with Gasteiger partial charge >= 0.3 is 24.5 Å². The van der Waals surface area contributed by atoms with Gasteiger partial charge in [0.15, 0.2) is 11.7 Å². The molecule has 0 aliphatic carbocycles. The number of fused-ring (bicyclic) bond motifs is 2. The third-order valence-corrected chi connectivity index (χ3v) is 4.35. The van der Waals surface area contributed by atoms with Gasteiger partial charge < -0.3 is 10.1 Å². The van der Waals surface area contributed by atoms with Gasteiger partial charge in [0.2, 0.25) is 17.2 Å². The number of nitrogens with zero attached hydrogens (tertiary/aromatic N) is 1. The van der Waals surface area contributed by atoms with Gasteiger partial charge in [-0.1, -0.05) is 6.92 Å². The maximum Gasteiger partial charge on any atom is 0.448 e. The number of piperidine rings is 1. The van der Waals surface area contributed by atoms with E-state index in [1.807, 2.05) is 0 Å². The number of nitrogens with one attached hydrogen (secondary N) is 2. The topological polar surface area (TPSA) is 79.8 Å². The van der Waals surface area contributed by atoms with E-state index in [1.165, 1.54) is 0 Å². The normalized spacial score (nSPS) is 34.6. The lowest BCUT2D eigenvalue weighted by molar-refractivity contribution is -0.279. The molecule has 2 bridgehead atoms. The van der Waals surface area contributed by atoms with Gasteiger partial charge in [-0.3, -0.25) is 14.9 Å². The minimum absolute atomic E-state index is 0.419. The van der Waals surface area contributed by atoms with Crippen molar-refractivity contribution in [3.05, 3.63) is 0 Å². The molecule has 0 aromatic carbocycles. The van der Waals surface area contributed by atoms with E-state index in [9.17, 15) is 49.1 Å². The summed E-state index contributed by atoms with van der Waals surface area (Å²) in [6.45, 7) is 0.419. The van der Waals surface area contributed by atoms with Crippen LogP contribution in [0.25, 0.3) is 0 Å². The van der Waals surface area contributed by atoms with Crippen LogP contribution in [0.1, 0.15) is 6.92 Å². The molecular formula is C12H10F9N3O3. The lowest BCUT2D eigenvalue weighted by Crippen LogP contribution is -2.88. The molecule has 2 aliphatic heterocycles. The number of amidine groups is 1. The molecular weight excluding hydrogens is 405 g/mol. The highest BCUT2D eigenvalue weighted by atomic mass is 19.4.